The molecule has 2 saturated heterocycles. The van der Waals surface area contributed by atoms with Crippen LogP contribution in [0, 0.1) is 6.92 Å². The number of fused-ring (bicyclic) bond motifs is 1. The summed E-state index contributed by atoms with van der Waals surface area (Å²) in [6.07, 6.45) is 7.52. The predicted octanol–water partition coefficient (Wildman–Crippen LogP) is 5.76. The summed E-state index contributed by atoms with van der Waals surface area (Å²) in [6, 6.07) is 13.0. The number of piperidine rings is 1. The molecule has 0 spiro atoms. The molecule has 1 aromatic heterocycles. The van der Waals surface area contributed by atoms with E-state index in [2.05, 4.69) is 23.1 Å². The number of aryl methyl sites for hydroxylation is 1. The van der Waals surface area contributed by atoms with Crippen LogP contribution in [0.25, 0.3) is 21.3 Å². The second-order valence-corrected chi connectivity index (χ2v) is 10.3. The summed E-state index contributed by atoms with van der Waals surface area (Å²) in [7, 11) is 1.69. The highest BCUT2D eigenvalue weighted by Crippen LogP contribution is 2.40. The molecule has 2 fully saturated rings. The highest BCUT2D eigenvalue weighted by atomic mass is 32.1. The molecule has 5 nitrogen and oxygen atoms in total. The Morgan fingerprint density at radius 3 is 2.45 bits per heavy atom. The van der Waals surface area contributed by atoms with Crippen LogP contribution >= 0.6 is 11.3 Å². The number of amides is 1. The number of rotatable bonds is 4. The first-order chi connectivity index (χ1) is 16.2. The Morgan fingerprint density at radius 2 is 1.73 bits per heavy atom. The van der Waals surface area contributed by atoms with E-state index in [1.54, 1.807) is 7.11 Å². The van der Waals surface area contributed by atoms with Gasteiger partial charge in [0.05, 0.1) is 18.4 Å². The van der Waals surface area contributed by atoms with Crippen LogP contribution < -0.4 is 4.74 Å². The van der Waals surface area contributed by atoms with Crippen molar-refractivity contribution < 1.29 is 9.53 Å². The highest BCUT2D eigenvalue weighted by molar-refractivity contribution is 7.17. The van der Waals surface area contributed by atoms with Crippen molar-refractivity contribution in [3.05, 3.63) is 47.0 Å². The minimum atomic E-state index is 0.129. The molecule has 3 aromatic rings. The Hall–Kier alpha value is -2.44. The summed E-state index contributed by atoms with van der Waals surface area (Å²) in [5, 5.41) is 3.09. The van der Waals surface area contributed by atoms with Gasteiger partial charge in [0.15, 0.2) is 0 Å². The molecule has 5 rings (SSSR count). The van der Waals surface area contributed by atoms with E-state index in [9.17, 15) is 4.79 Å². The van der Waals surface area contributed by atoms with Crippen molar-refractivity contribution in [1.82, 2.24) is 14.8 Å². The maximum atomic E-state index is 13.5. The third-order valence-electron chi connectivity index (χ3n) is 7.22. The summed E-state index contributed by atoms with van der Waals surface area (Å²) >= 11 is 1.50. The molecule has 33 heavy (non-hydrogen) atoms. The molecular formula is C27H33N3O2S. The summed E-state index contributed by atoms with van der Waals surface area (Å²) < 4.78 is 5.68. The maximum Gasteiger partial charge on any atom is 0.265 e. The molecule has 2 aliphatic rings. The number of aromatic nitrogens is 1. The quantitative estimate of drug-likeness (QED) is 0.493. The molecule has 0 unspecified atom stereocenters. The van der Waals surface area contributed by atoms with Gasteiger partial charge in [-0.1, -0.05) is 43.2 Å². The first kappa shape index (κ1) is 22.4. The third kappa shape index (κ3) is 4.51. The summed E-state index contributed by atoms with van der Waals surface area (Å²) in [5.74, 6) is 0.921. The first-order valence-corrected chi connectivity index (χ1v) is 13.0. The number of benzene rings is 2. The molecule has 0 atom stereocenters. The van der Waals surface area contributed by atoms with Crippen LogP contribution in [0.3, 0.4) is 0 Å². The molecular weight excluding hydrogens is 430 g/mol. The van der Waals surface area contributed by atoms with Gasteiger partial charge in [-0.25, -0.2) is 4.98 Å². The number of nitrogens with zero attached hydrogens (tertiary/aromatic N) is 3. The van der Waals surface area contributed by atoms with E-state index in [-0.39, 0.29) is 5.91 Å². The number of likely N-dealkylation sites (tertiary alicyclic amines) is 2. The Balaban J connectivity index is 1.36. The molecule has 174 valence electrons. The largest absolute Gasteiger partial charge is 0.496 e. The fourth-order valence-corrected chi connectivity index (χ4v) is 6.48. The van der Waals surface area contributed by atoms with Crippen molar-refractivity contribution in [2.75, 3.05) is 33.3 Å². The third-order valence-corrected chi connectivity index (χ3v) is 8.39. The fourth-order valence-electron chi connectivity index (χ4n) is 5.38. The van der Waals surface area contributed by atoms with E-state index < -0.39 is 0 Å². The van der Waals surface area contributed by atoms with Crippen molar-refractivity contribution in [3.8, 4) is 16.3 Å². The van der Waals surface area contributed by atoms with Gasteiger partial charge < -0.3 is 14.5 Å². The van der Waals surface area contributed by atoms with Crippen LogP contribution in [0.15, 0.2) is 36.4 Å². The Bertz CT molecular complexity index is 1130. The highest BCUT2D eigenvalue weighted by Gasteiger charge is 2.30. The van der Waals surface area contributed by atoms with Gasteiger partial charge in [-0.05, 0) is 62.5 Å². The topological polar surface area (TPSA) is 45.7 Å². The zero-order chi connectivity index (χ0) is 22.8. The number of hydrogen-bond donors (Lipinski definition) is 0. The average Bonchev–Trinajstić information content (AvgIpc) is 3.05. The summed E-state index contributed by atoms with van der Waals surface area (Å²) in [5.41, 5.74) is 1.78. The normalized spacial score (nSPS) is 18.4. The number of thiazole rings is 1. The molecule has 0 bridgehead atoms. The monoisotopic (exact) mass is 463 g/mol. The lowest BCUT2D eigenvalue weighted by Gasteiger charge is -2.38. The molecule has 2 aromatic carbocycles. The van der Waals surface area contributed by atoms with E-state index in [0.29, 0.717) is 6.04 Å². The van der Waals surface area contributed by atoms with Gasteiger partial charge in [0.1, 0.15) is 15.6 Å². The molecule has 2 aliphatic heterocycles. The lowest BCUT2D eigenvalue weighted by atomic mass is 10.0. The molecule has 0 radical (unpaired) electrons. The average molecular weight is 464 g/mol. The number of ether oxygens (including phenoxy) is 1. The van der Waals surface area contributed by atoms with Crippen LogP contribution in [0.4, 0.5) is 0 Å². The Morgan fingerprint density at radius 1 is 1.00 bits per heavy atom. The van der Waals surface area contributed by atoms with Crippen LogP contribution in [0.5, 0.6) is 5.75 Å². The molecule has 6 heteroatoms. The zero-order valence-corrected chi connectivity index (χ0v) is 20.5. The molecule has 0 saturated carbocycles. The van der Waals surface area contributed by atoms with Crippen molar-refractivity contribution in [1.29, 1.82) is 0 Å². The zero-order valence-electron chi connectivity index (χ0n) is 19.7. The van der Waals surface area contributed by atoms with E-state index in [1.807, 2.05) is 30.0 Å². The SMILES string of the molecule is COc1ccc2ccccc2c1-c1nc(C)c(C(=O)N2CCC(N3CCCCCC3)CC2)s1. The van der Waals surface area contributed by atoms with Gasteiger partial charge in [-0.15, -0.1) is 11.3 Å². The van der Waals surface area contributed by atoms with Gasteiger partial charge in [0, 0.05) is 19.1 Å². The minimum Gasteiger partial charge on any atom is -0.496 e. The fraction of sp³-hybridized carbons (Fsp3) is 0.481. The maximum absolute atomic E-state index is 13.5. The van der Waals surface area contributed by atoms with Crippen LogP contribution in [-0.4, -0.2) is 60.0 Å². The van der Waals surface area contributed by atoms with Crippen LogP contribution in [-0.2, 0) is 0 Å². The van der Waals surface area contributed by atoms with Gasteiger partial charge in [0.25, 0.3) is 5.91 Å². The summed E-state index contributed by atoms with van der Waals surface area (Å²) in [4.78, 5) is 23.8. The predicted molar refractivity (Wildman–Crippen MR) is 135 cm³/mol. The van der Waals surface area contributed by atoms with Crippen LogP contribution in [0.2, 0.25) is 0 Å². The molecule has 1 amide bonds. The first-order valence-electron chi connectivity index (χ1n) is 12.2. The van der Waals surface area contributed by atoms with Gasteiger partial charge in [-0.3, -0.25) is 4.79 Å². The van der Waals surface area contributed by atoms with E-state index in [1.165, 1.54) is 50.1 Å². The Kier molecular flexibility index (Phi) is 6.65. The van der Waals surface area contributed by atoms with E-state index in [4.69, 9.17) is 9.72 Å². The molecule has 0 aliphatic carbocycles. The number of carbonyl (C=O) groups excluding carboxylic acids is 1. The van der Waals surface area contributed by atoms with E-state index >= 15 is 0 Å². The summed E-state index contributed by atoms with van der Waals surface area (Å²) in [6.45, 7) is 6.08. The van der Waals surface area contributed by atoms with Crippen molar-refractivity contribution in [3.63, 3.8) is 0 Å². The standard InChI is InChI=1S/C27H33N3O2S/c1-19-25(27(31)30-17-13-21(14-18-30)29-15-7-3-4-8-16-29)33-26(28-19)24-22-10-6-5-9-20(22)11-12-23(24)32-2/h5-6,9-12,21H,3-4,7-8,13-18H2,1-2H3. The van der Waals surface area contributed by atoms with Crippen LogP contribution in [0.1, 0.15) is 53.9 Å². The number of methoxy groups -OCH3 is 1. The number of hydrogen-bond acceptors (Lipinski definition) is 5. The molecule has 3 heterocycles. The van der Waals surface area contributed by atoms with Crippen molar-refractivity contribution in [2.24, 2.45) is 0 Å². The van der Waals surface area contributed by atoms with Gasteiger partial charge >= 0.3 is 0 Å². The lowest BCUT2D eigenvalue weighted by molar-refractivity contribution is 0.0626. The van der Waals surface area contributed by atoms with Gasteiger partial charge in [-0.2, -0.15) is 0 Å². The minimum absolute atomic E-state index is 0.129. The second kappa shape index (κ2) is 9.82. The lowest BCUT2D eigenvalue weighted by Crippen LogP contribution is -2.47. The smallest absolute Gasteiger partial charge is 0.265 e. The Labute approximate surface area is 200 Å². The van der Waals surface area contributed by atoms with Crippen molar-refractivity contribution in [2.45, 2.75) is 51.5 Å². The van der Waals surface area contributed by atoms with Gasteiger partial charge in [0.2, 0.25) is 0 Å². The second-order valence-electron chi connectivity index (χ2n) is 9.27. The van der Waals surface area contributed by atoms with E-state index in [0.717, 1.165) is 63.6 Å². The molecule has 0 N–H and O–H groups in total. The van der Waals surface area contributed by atoms with Crippen molar-refractivity contribution >= 4 is 28.0 Å². The number of carbonyl (C=O) groups is 1.